The summed E-state index contributed by atoms with van der Waals surface area (Å²) in [7, 11) is 0. The molecule has 1 heterocycles. The smallest absolute Gasteiger partial charge is 0.321 e. The van der Waals surface area contributed by atoms with E-state index in [-0.39, 0.29) is 16.8 Å². The van der Waals surface area contributed by atoms with Gasteiger partial charge in [-0.2, -0.15) is 8.78 Å². The van der Waals surface area contributed by atoms with Crippen LogP contribution in [0.3, 0.4) is 0 Å². The molecule has 1 amide bonds. The second kappa shape index (κ2) is 8.11. The zero-order valence-electron chi connectivity index (χ0n) is 13.4. The summed E-state index contributed by atoms with van der Waals surface area (Å²) in [5, 5.41) is 2.95. The molecule has 0 atom stereocenters. The van der Waals surface area contributed by atoms with E-state index < -0.39 is 6.55 Å². The summed E-state index contributed by atoms with van der Waals surface area (Å²) < 4.78 is 27.5. The van der Waals surface area contributed by atoms with Crippen LogP contribution in [0, 0.1) is 0 Å². The summed E-state index contributed by atoms with van der Waals surface area (Å²) in [6.45, 7) is -2.19. The minimum Gasteiger partial charge on any atom is -0.355 e. The fraction of sp³-hybridized carbons (Fsp3) is 0.222. The van der Waals surface area contributed by atoms with Crippen molar-refractivity contribution in [1.82, 2.24) is 14.9 Å². The second-order valence-corrected chi connectivity index (χ2v) is 6.35. The summed E-state index contributed by atoms with van der Waals surface area (Å²) in [5.74, 6) is -0.154. The first-order valence-corrected chi connectivity index (χ1v) is 8.82. The Morgan fingerprint density at radius 2 is 1.84 bits per heavy atom. The molecule has 0 radical (unpaired) electrons. The number of nitrogens with zero attached hydrogens (tertiary/aromatic N) is 2. The van der Waals surface area contributed by atoms with Crippen LogP contribution in [0.4, 0.5) is 8.78 Å². The van der Waals surface area contributed by atoms with Crippen molar-refractivity contribution in [3.63, 3.8) is 0 Å². The first-order valence-electron chi connectivity index (χ1n) is 7.83. The molecule has 3 aromatic rings. The van der Waals surface area contributed by atoms with E-state index in [4.69, 9.17) is 0 Å². The lowest BCUT2D eigenvalue weighted by molar-refractivity contribution is -0.118. The quantitative estimate of drug-likeness (QED) is 0.650. The normalized spacial score (nSPS) is 11.2. The molecule has 0 saturated carbocycles. The van der Waals surface area contributed by atoms with Gasteiger partial charge < -0.3 is 5.32 Å². The number of carbonyl (C=O) groups is 1. The molecule has 1 aromatic heterocycles. The minimum atomic E-state index is -2.70. The molecule has 0 unspecified atom stereocenters. The molecule has 0 spiro atoms. The van der Waals surface area contributed by atoms with Gasteiger partial charge in [0, 0.05) is 6.54 Å². The van der Waals surface area contributed by atoms with Gasteiger partial charge in [-0.25, -0.2) is 4.98 Å². The van der Waals surface area contributed by atoms with Gasteiger partial charge in [-0.05, 0) is 24.1 Å². The van der Waals surface area contributed by atoms with Gasteiger partial charge in [0.2, 0.25) is 5.91 Å². The topological polar surface area (TPSA) is 46.9 Å². The highest BCUT2D eigenvalue weighted by Gasteiger charge is 2.18. The molecule has 0 aliphatic heterocycles. The molecule has 130 valence electrons. The Hall–Kier alpha value is -2.41. The van der Waals surface area contributed by atoms with Crippen LogP contribution in [0.25, 0.3) is 11.0 Å². The zero-order valence-corrected chi connectivity index (χ0v) is 14.2. The number of alkyl halides is 2. The van der Waals surface area contributed by atoms with Gasteiger partial charge in [-0.1, -0.05) is 54.2 Å². The molecular formula is C18H17F2N3OS. The van der Waals surface area contributed by atoms with E-state index in [1.54, 1.807) is 24.3 Å². The third kappa shape index (κ3) is 4.36. The van der Waals surface area contributed by atoms with Crippen LogP contribution >= 0.6 is 11.8 Å². The number of benzene rings is 2. The maximum absolute atomic E-state index is 13.3. The number of aromatic nitrogens is 2. The standard InChI is InChI=1S/C18H17F2N3OS/c19-17(20)23-15-9-5-4-8-14(15)22-18(23)25-12-16(24)21-11-10-13-6-2-1-3-7-13/h1-9,17H,10-12H2,(H,21,24). The zero-order chi connectivity index (χ0) is 17.6. The van der Waals surface area contributed by atoms with Crippen molar-refractivity contribution >= 4 is 28.7 Å². The molecule has 0 aliphatic carbocycles. The first kappa shape index (κ1) is 17.4. The van der Waals surface area contributed by atoms with Gasteiger partial charge in [-0.15, -0.1) is 0 Å². The number of hydrogen-bond acceptors (Lipinski definition) is 3. The lowest BCUT2D eigenvalue weighted by atomic mass is 10.1. The van der Waals surface area contributed by atoms with E-state index in [1.165, 1.54) is 0 Å². The van der Waals surface area contributed by atoms with Gasteiger partial charge >= 0.3 is 6.55 Å². The number of fused-ring (bicyclic) bond motifs is 1. The molecule has 25 heavy (non-hydrogen) atoms. The molecule has 2 aromatic carbocycles. The second-order valence-electron chi connectivity index (χ2n) is 5.40. The van der Waals surface area contributed by atoms with Crippen molar-refractivity contribution in [2.45, 2.75) is 18.1 Å². The highest BCUT2D eigenvalue weighted by atomic mass is 32.2. The van der Waals surface area contributed by atoms with Crippen LogP contribution in [0.15, 0.2) is 59.8 Å². The average molecular weight is 361 g/mol. The number of thioether (sulfide) groups is 1. The molecule has 0 saturated heterocycles. The number of hydrogen-bond donors (Lipinski definition) is 1. The van der Waals surface area contributed by atoms with E-state index in [0.717, 1.165) is 28.3 Å². The van der Waals surface area contributed by atoms with Gasteiger partial charge in [0.25, 0.3) is 0 Å². The Labute approximate surface area is 148 Å². The van der Waals surface area contributed by atoms with Crippen LogP contribution in [-0.4, -0.2) is 27.8 Å². The van der Waals surface area contributed by atoms with E-state index in [0.29, 0.717) is 17.6 Å². The van der Waals surface area contributed by atoms with E-state index in [1.807, 2.05) is 30.3 Å². The fourth-order valence-electron chi connectivity index (χ4n) is 2.48. The summed E-state index contributed by atoms with van der Waals surface area (Å²) >= 11 is 1.02. The SMILES string of the molecule is O=C(CSc1nc2ccccc2n1C(F)F)NCCc1ccccc1. The highest BCUT2D eigenvalue weighted by Crippen LogP contribution is 2.28. The van der Waals surface area contributed by atoms with Gasteiger partial charge in [0.05, 0.1) is 16.8 Å². The number of rotatable bonds is 7. The van der Waals surface area contributed by atoms with E-state index >= 15 is 0 Å². The third-order valence-corrected chi connectivity index (χ3v) is 4.62. The lowest BCUT2D eigenvalue weighted by Gasteiger charge is -2.08. The highest BCUT2D eigenvalue weighted by molar-refractivity contribution is 7.99. The Bertz CT molecular complexity index is 852. The van der Waals surface area contributed by atoms with Gasteiger partial charge in [-0.3, -0.25) is 9.36 Å². The maximum Gasteiger partial charge on any atom is 0.321 e. The number of halogens is 2. The summed E-state index contributed by atoms with van der Waals surface area (Å²) in [5.41, 5.74) is 1.99. The van der Waals surface area contributed by atoms with E-state index in [9.17, 15) is 13.6 Å². The number of amides is 1. The summed E-state index contributed by atoms with van der Waals surface area (Å²) in [6, 6.07) is 16.5. The van der Waals surface area contributed by atoms with Crippen molar-refractivity contribution in [3.05, 3.63) is 60.2 Å². The summed E-state index contributed by atoms with van der Waals surface area (Å²) in [4.78, 5) is 16.1. The van der Waals surface area contributed by atoms with Crippen LogP contribution in [-0.2, 0) is 11.2 Å². The largest absolute Gasteiger partial charge is 0.355 e. The Kier molecular flexibility index (Phi) is 5.65. The van der Waals surface area contributed by atoms with Crippen LogP contribution in [0.2, 0.25) is 0 Å². The van der Waals surface area contributed by atoms with Crippen molar-refractivity contribution in [2.24, 2.45) is 0 Å². The molecule has 1 N–H and O–H groups in total. The predicted octanol–water partition coefficient (Wildman–Crippen LogP) is 3.88. The molecule has 0 fully saturated rings. The van der Waals surface area contributed by atoms with E-state index in [2.05, 4.69) is 10.3 Å². The Balaban J connectivity index is 1.57. The predicted molar refractivity (Wildman–Crippen MR) is 94.9 cm³/mol. The number of imidazole rings is 1. The Morgan fingerprint density at radius 3 is 2.60 bits per heavy atom. The maximum atomic E-state index is 13.3. The van der Waals surface area contributed by atoms with Crippen LogP contribution in [0.5, 0.6) is 0 Å². The molecule has 0 bridgehead atoms. The summed E-state index contributed by atoms with van der Waals surface area (Å²) in [6.07, 6.45) is 0.729. The van der Waals surface area contributed by atoms with Crippen molar-refractivity contribution in [2.75, 3.05) is 12.3 Å². The number of para-hydroxylation sites is 2. The molecule has 3 rings (SSSR count). The number of carbonyl (C=O) groups excluding carboxylic acids is 1. The average Bonchev–Trinajstić information content (AvgIpc) is 2.99. The molecule has 0 aliphatic rings. The van der Waals surface area contributed by atoms with Crippen LogP contribution in [0.1, 0.15) is 12.1 Å². The lowest BCUT2D eigenvalue weighted by Crippen LogP contribution is -2.27. The molecule has 4 nitrogen and oxygen atoms in total. The monoisotopic (exact) mass is 361 g/mol. The van der Waals surface area contributed by atoms with Gasteiger partial charge in [0.1, 0.15) is 0 Å². The van der Waals surface area contributed by atoms with Crippen molar-refractivity contribution in [3.8, 4) is 0 Å². The number of nitrogens with one attached hydrogen (secondary N) is 1. The molecule has 7 heteroatoms. The molecular weight excluding hydrogens is 344 g/mol. The van der Waals surface area contributed by atoms with Crippen molar-refractivity contribution in [1.29, 1.82) is 0 Å². The minimum absolute atomic E-state index is 0.0465. The fourth-order valence-corrected chi connectivity index (χ4v) is 3.33. The first-order chi connectivity index (χ1) is 12.1. The van der Waals surface area contributed by atoms with Gasteiger partial charge in [0.15, 0.2) is 5.16 Å². The van der Waals surface area contributed by atoms with Crippen LogP contribution < -0.4 is 5.32 Å². The third-order valence-electron chi connectivity index (χ3n) is 3.67. The van der Waals surface area contributed by atoms with Crippen molar-refractivity contribution < 1.29 is 13.6 Å². The Morgan fingerprint density at radius 1 is 1.12 bits per heavy atom.